The van der Waals surface area contributed by atoms with Gasteiger partial charge in [-0.2, -0.15) is 18.2 Å². The van der Waals surface area contributed by atoms with Gasteiger partial charge in [0.2, 0.25) is 5.88 Å². The van der Waals surface area contributed by atoms with Crippen molar-refractivity contribution in [2.24, 2.45) is 5.92 Å². The maximum Gasteiger partial charge on any atom is 0.416 e. The molecule has 1 aromatic heterocycles. The van der Waals surface area contributed by atoms with Crippen LogP contribution in [-0.2, 0) is 6.18 Å². The van der Waals surface area contributed by atoms with Crippen molar-refractivity contribution in [1.29, 1.82) is 0 Å². The zero-order valence-corrected chi connectivity index (χ0v) is 12.2. The van der Waals surface area contributed by atoms with E-state index in [0.29, 0.717) is 6.54 Å². The van der Waals surface area contributed by atoms with Crippen LogP contribution in [0.5, 0.6) is 5.88 Å². The van der Waals surface area contributed by atoms with E-state index >= 15 is 0 Å². The minimum atomic E-state index is -4.41. The highest BCUT2D eigenvalue weighted by molar-refractivity contribution is 5.42. The predicted octanol–water partition coefficient (Wildman–Crippen LogP) is 4.35. The number of ether oxygens (including phenoxy) is 1. The molecule has 0 saturated carbocycles. The van der Waals surface area contributed by atoms with E-state index in [1.54, 1.807) is 0 Å². The number of aromatic nitrogens is 1. The van der Waals surface area contributed by atoms with Crippen molar-refractivity contribution in [3.8, 4) is 5.88 Å². The van der Waals surface area contributed by atoms with Crippen LogP contribution >= 0.6 is 0 Å². The van der Waals surface area contributed by atoms with Crippen LogP contribution < -0.4 is 10.1 Å². The molecule has 0 aromatic carbocycles. The number of hydrogen-bond donors (Lipinski definition) is 1. The summed E-state index contributed by atoms with van der Waals surface area (Å²) in [7, 11) is 0. The van der Waals surface area contributed by atoms with E-state index in [2.05, 4.69) is 10.3 Å². The molecule has 0 amide bonds. The summed E-state index contributed by atoms with van der Waals surface area (Å²) in [6, 6.07) is 1.94. The van der Waals surface area contributed by atoms with Crippen molar-refractivity contribution in [2.45, 2.75) is 46.4 Å². The second-order valence-corrected chi connectivity index (χ2v) is 5.07. The summed E-state index contributed by atoms with van der Waals surface area (Å²) in [5, 5.41) is 2.86. The highest BCUT2D eigenvalue weighted by Crippen LogP contribution is 2.33. The zero-order chi connectivity index (χ0) is 15.3. The Labute approximate surface area is 117 Å². The molecule has 20 heavy (non-hydrogen) atoms. The third-order valence-corrected chi connectivity index (χ3v) is 2.93. The Balaban J connectivity index is 3.03. The number of hydrogen-bond acceptors (Lipinski definition) is 3. The molecule has 1 heterocycles. The number of rotatable bonds is 6. The average Bonchev–Trinajstić information content (AvgIpc) is 2.34. The summed E-state index contributed by atoms with van der Waals surface area (Å²) in [6.45, 7) is 8.18. The Morgan fingerprint density at radius 2 is 1.90 bits per heavy atom. The van der Waals surface area contributed by atoms with E-state index in [1.807, 2.05) is 27.7 Å². The molecule has 1 N–H and O–H groups in total. The van der Waals surface area contributed by atoms with Gasteiger partial charge < -0.3 is 10.1 Å². The summed E-state index contributed by atoms with van der Waals surface area (Å²) < 4.78 is 44.0. The first-order valence-electron chi connectivity index (χ1n) is 6.73. The molecule has 0 bridgehead atoms. The number of nitrogens with one attached hydrogen (secondary N) is 1. The van der Waals surface area contributed by atoms with Crippen molar-refractivity contribution in [2.75, 3.05) is 11.9 Å². The average molecular weight is 290 g/mol. The first-order valence-corrected chi connectivity index (χ1v) is 6.73. The number of alkyl halides is 3. The largest absolute Gasteiger partial charge is 0.474 e. The highest BCUT2D eigenvalue weighted by Gasteiger charge is 2.32. The van der Waals surface area contributed by atoms with Crippen molar-refractivity contribution in [1.82, 2.24) is 4.98 Å². The highest BCUT2D eigenvalue weighted by atomic mass is 19.4. The van der Waals surface area contributed by atoms with Gasteiger partial charge in [0.05, 0.1) is 11.7 Å². The van der Waals surface area contributed by atoms with Crippen LogP contribution in [0.3, 0.4) is 0 Å². The summed E-state index contributed by atoms with van der Waals surface area (Å²) >= 11 is 0. The lowest BCUT2D eigenvalue weighted by Crippen LogP contribution is -2.20. The van der Waals surface area contributed by atoms with Gasteiger partial charge in [-0.15, -0.1) is 0 Å². The van der Waals surface area contributed by atoms with E-state index in [9.17, 15) is 13.2 Å². The molecule has 114 valence electrons. The lowest BCUT2D eigenvalue weighted by atomic mass is 10.1. The molecule has 0 spiro atoms. The number of nitrogens with zero attached hydrogens (tertiary/aromatic N) is 1. The molecule has 0 saturated heterocycles. The lowest BCUT2D eigenvalue weighted by Gasteiger charge is -2.19. The van der Waals surface area contributed by atoms with Gasteiger partial charge in [0.15, 0.2) is 0 Å². The third kappa shape index (κ3) is 4.90. The molecular formula is C14H21F3N2O. The molecule has 0 aliphatic rings. The Bertz CT molecular complexity index is 433. The summed E-state index contributed by atoms with van der Waals surface area (Å²) in [5.74, 6) is 0.380. The molecule has 1 atom stereocenters. The van der Waals surface area contributed by atoms with Crippen LogP contribution in [0.2, 0.25) is 0 Å². The summed E-state index contributed by atoms with van der Waals surface area (Å²) in [4.78, 5) is 4.07. The first kappa shape index (κ1) is 16.6. The van der Waals surface area contributed by atoms with Gasteiger partial charge in [0, 0.05) is 12.6 Å². The van der Waals surface area contributed by atoms with Crippen molar-refractivity contribution < 1.29 is 17.9 Å². The fourth-order valence-corrected chi connectivity index (χ4v) is 1.40. The Kier molecular flexibility index (Phi) is 5.65. The van der Waals surface area contributed by atoms with E-state index < -0.39 is 11.7 Å². The monoisotopic (exact) mass is 290 g/mol. The van der Waals surface area contributed by atoms with Gasteiger partial charge in [-0.05, 0) is 25.3 Å². The maximum atomic E-state index is 12.9. The zero-order valence-electron chi connectivity index (χ0n) is 12.2. The lowest BCUT2D eigenvalue weighted by molar-refractivity contribution is -0.137. The van der Waals surface area contributed by atoms with Crippen LogP contribution in [0.25, 0.3) is 0 Å². The molecule has 0 radical (unpaired) electrons. The number of pyridine rings is 1. The first-order chi connectivity index (χ1) is 9.24. The number of anilines is 1. The Morgan fingerprint density at radius 3 is 2.40 bits per heavy atom. The second kappa shape index (κ2) is 6.81. The topological polar surface area (TPSA) is 34.1 Å². The molecular weight excluding hydrogens is 269 g/mol. The van der Waals surface area contributed by atoms with E-state index in [-0.39, 0.29) is 23.7 Å². The molecule has 1 rings (SSSR count). The fraction of sp³-hybridized carbons (Fsp3) is 0.643. The normalized spacial score (nSPS) is 13.4. The van der Waals surface area contributed by atoms with E-state index in [1.165, 1.54) is 0 Å². The minimum Gasteiger partial charge on any atom is -0.474 e. The fourth-order valence-electron chi connectivity index (χ4n) is 1.40. The molecule has 0 aliphatic carbocycles. The van der Waals surface area contributed by atoms with Crippen molar-refractivity contribution >= 4 is 5.82 Å². The van der Waals surface area contributed by atoms with Crippen LogP contribution in [0, 0.1) is 5.92 Å². The standard InChI is InChI=1S/C14H21F3N2O/c1-5-6-18-12-7-11(14(15,16)17)8-13(19-12)20-10(4)9(2)3/h7-10H,5-6H2,1-4H3,(H,18,19). The Hall–Kier alpha value is -1.46. The second-order valence-electron chi connectivity index (χ2n) is 5.07. The maximum absolute atomic E-state index is 12.9. The predicted molar refractivity (Wildman–Crippen MR) is 72.9 cm³/mol. The van der Waals surface area contributed by atoms with Gasteiger partial charge in [-0.1, -0.05) is 20.8 Å². The SMILES string of the molecule is CCCNc1cc(C(F)(F)F)cc(OC(C)C(C)C)n1. The quantitative estimate of drug-likeness (QED) is 0.846. The molecule has 0 aliphatic heterocycles. The summed E-state index contributed by atoms with van der Waals surface area (Å²) in [6.07, 6.45) is -3.81. The minimum absolute atomic E-state index is 0.000344. The molecule has 6 heteroatoms. The van der Waals surface area contributed by atoms with Gasteiger partial charge >= 0.3 is 6.18 Å². The van der Waals surface area contributed by atoms with Crippen LogP contribution in [0.1, 0.15) is 39.7 Å². The molecule has 1 aromatic rings. The van der Waals surface area contributed by atoms with Gasteiger partial charge in [-0.25, -0.2) is 0 Å². The van der Waals surface area contributed by atoms with Gasteiger partial charge in [0.25, 0.3) is 0 Å². The van der Waals surface area contributed by atoms with Crippen LogP contribution in [0.4, 0.5) is 19.0 Å². The number of halogens is 3. The van der Waals surface area contributed by atoms with E-state index in [4.69, 9.17) is 4.74 Å². The molecule has 0 fully saturated rings. The summed E-state index contributed by atoms with van der Waals surface area (Å²) in [5.41, 5.74) is -0.753. The van der Waals surface area contributed by atoms with Crippen molar-refractivity contribution in [3.05, 3.63) is 17.7 Å². The molecule has 1 unspecified atom stereocenters. The Morgan fingerprint density at radius 1 is 1.25 bits per heavy atom. The van der Waals surface area contributed by atoms with Gasteiger partial charge in [-0.3, -0.25) is 0 Å². The smallest absolute Gasteiger partial charge is 0.416 e. The van der Waals surface area contributed by atoms with Crippen molar-refractivity contribution in [3.63, 3.8) is 0 Å². The van der Waals surface area contributed by atoms with Gasteiger partial charge in [0.1, 0.15) is 5.82 Å². The molecule has 3 nitrogen and oxygen atoms in total. The van der Waals surface area contributed by atoms with Crippen LogP contribution in [0.15, 0.2) is 12.1 Å². The third-order valence-electron chi connectivity index (χ3n) is 2.93. The van der Waals surface area contributed by atoms with Crippen LogP contribution in [-0.4, -0.2) is 17.6 Å². The van der Waals surface area contributed by atoms with E-state index in [0.717, 1.165) is 18.6 Å².